The third-order valence-electron chi connectivity index (χ3n) is 1.53. The van der Waals surface area contributed by atoms with Crippen molar-refractivity contribution in [3.05, 3.63) is 0 Å². The van der Waals surface area contributed by atoms with Crippen LogP contribution in [0.25, 0.3) is 0 Å². The number of aliphatic hydroxyl groups is 1. The Morgan fingerprint density at radius 1 is 1.33 bits per heavy atom. The third kappa shape index (κ3) is 2.91. The monoisotopic (exact) mass is 174 g/mol. The predicted molar refractivity (Wildman–Crippen MR) is 46.7 cm³/mol. The second-order valence-electron chi connectivity index (χ2n) is 4.00. The molecule has 0 spiro atoms. The van der Waals surface area contributed by atoms with E-state index in [9.17, 15) is 9.90 Å². The van der Waals surface area contributed by atoms with E-state index in [1.807, 2.05) is 0 Å². The van der Waals surface area contributed by atoms with Crippen molar-refractivity contribution in [3.63, 3.8) is 0 Å². The van der Waals surface area contributed by atoms with Crippen LogP contribution in [0.3, 0.4) is 0 Å². The lowest BCUT2D eigenvalue weighted by Crippen LogP contribution is -2.45. The molecule has 0 rings (SSSR count). The summed E-state index contributed by atoms with van der Waals surface area (Å²) < 4.78 is 4.92. The molecule has 12 heavy (non-hydrogen) atoms. The van der Waals surface area contributed by atoms with Crippen LogP contribution < -0.4 is 0 Å². The molecule has 0 saturated heterocycles. The minimum Gasteiger partial charge on any atom is -0.360 e. The van der Waals surface area contributed by atoms with E-state index in [2.05, 4.69) is 0 Å². The van der Waals surface area contributed by atoms with Gasteiger partial charge in [0, 0.05) is 12.0 Å². The van der Waals surface area contributed by atoms with Crippen molar-refractivity contribution in [2.24, 2.45) is 5.41 Å². The summed E-state index contributed by atoms with van der Waals surface area (Å²) in [5, 5.41) is 9.55. The highest BCUT2D eigenvalue weighted by atomic mass is 16.6. The summed E-state index contributed by atoms with van der Waals surface area (Å²) in [6, 6.07) is 0. The van der Waals surface area contributed by atoms with Gasteiger partial charge in [-0.25, -0.2) is 0 Å². The molecule has 3 heteroatoms. The number of Topliss-reactive ketones (excluding diaryl/α,β-unsaturated/α-hetero) is 1. The first-order valence-corrected chi connectivity index (χ1v) is 4.13. The maximum atomic E-state index is 11.5. The molecule has 0 heterocycles. The van der Waals surface area contributed by atoms with E-state index in [0.29, 0.717) is 6.61 Å². The highest BCUT2D eigenvalue weighted by molar-refractivity contribution is 5.89. The fourth-order valence-electron chi connectivity index (χ4n) is 1.04. The first-order valence-electron chi connectivity index (χ1n) is 4.13. The molecule has 0 aromatic carbocycles. The van der Waals surface area contributed by atoms with E-state index >= 15 is 0 Å². The van der Waals surface area contributed by atoms with Crippen LogP contribution in [0.2, 0.25) is 0 Å². The van der Waals surface area contributed by atoms with Gasteiger partial charge in [0.05, 0.1) is 0 Å². The number of carbonyl (C=O) groups excluding carboxylic acids is 1. The molecular formula is C9H18O3. The van der Waals surface area contributed by atoms with Crippen molar-refractivity contribution in [3.8, 4) is 0 Å². The number of hydrogen-bond acceptors (Lipinski definition) is 3. The Balaban J connectivity index is 4.46. The van der Waals surface area contributed by atoms with Gasteiger partial charge in [0.15, 0.2) is 5.78 Å². The molecule has 0 radical (unpaired) electrons. The van der Waals surface area contributed by atoms with Gasteiger partial charge >= 0.3 is 0 Å². The van der Waals surface area contributed by atoms with Crippen molar-refractivity contribution >= 4 is 5.78 Å². The van der Waals surface area contributed by atoms with E-state index in [4.69, 9.17) is 4.74 Å². The van der Waals surface area contributed by atoms with Crippen molar-refractivity contribution in [2.45, 2.75) is 40.4 Å². The Hall–Kier alpha value is -0.410. The second kappa shape index (κ2) is 3.54. The lowest BCUT2D eigenvalue weighted by molar-refractivity contribution is -0.202. The van der Waals surface area contributed by atoms with Crippen LogP contribution >= 0.6 is 0 Å². The first-order chi connectivity index (χ1) is 5.22. The van der Waals surface area contributed by atoms with Gasteiger partial charge in [-0.05, 0) is 13.8 Å². The molecular weight excluding hydrogens is 156 g/mol. The molecule has 0 aliphatic heterocycles. The molecule has 1 N–H and O–H groups in total. The summed E-state index contributed by atoms with van der Waals surface area (Å²) in [6.07, 6.45) is 0. The molecule has 0 saturated carbocycles. The Kier molecular flexibility index (Phi) is 3.42. The molecule has 1 unspecified atom stereocenters. The van der Waals surface area contributed by atoms with Gasteiger partial charge in [0.25, 0.3) is 0 Å². The van der Waals surface area contributed by atoms with Crippen LogP contribution in [-0.4, -0.2) is 23.3 Å². The standard InChI is InChI=1S/C9H18O3/c1-6-12-9(5,11)7(10)8(2,3)4/h11H,6H2,1-5H3. The van der Waals surface area contributed by atoms with Crippen LogP contribution in [-0.2, 0) is 9.53 Å². The number of ether oxygens (including phenoxy) is 1. The molecule has 0 aromatic rings. The summed E-state index contributed by atoms with van der Waals surface area (Å²) in [5.41, 5.74) is -0.571. The molecule has 0 amide bonds. The fourth-order valence-corrected chi connectivity index (χ4v) is 1.04. The number of rotatable bonds is 3. The zero-order valence-electron chi connectivity index (χ0n) is 8.47. The number of carbonyl (C=O) groups is 1. The smallest absolute Gasteiger partial charge is 0.224 e. The zero-order valence-corrected chi connectivity index (χ0v) is 8.47. The Morgan fingerprint density at radius 2 is 1.75 bits per heavy atom. The zero-order chi connectivity index (χ0) is 9.99. The quantitative estimate of drug-likeness (QED) is 0.657. The maximum absolute atomic E-state index is 11.5. The Morgan fingerprint density at radius 3 is 2.00 bits per heavy atom. The molecule has 0 bridgehead atoms. The SMILES string of the molecule is CCOC(C)(O)C(=O)C(C)(C)C. The van der Waals surface area contributed by atoms with Gasteiger partial charge in [-0.1, -0.05) is 20.8 Å². The summed E-state index contributed by atoms with van der Waals surface area (Å²) >= 11 is 0. The minimum atomic E-state index is -1.65. The maximum Gasteiger partial charge on any atom is 0.224 e. The van der Waals surface area contributed by atoms with Crippen molar-refractivity contribution in [1.82, 2.24) is 0 Å². The van der Waals surface area contributed by atoms with Crippen LogP contribution in [0.1, 0.15) is 34.6 Å². The van der Waals surface area contributed by atoms with Crippen LogP contribution in [0.4, 0.5) is 0 Å². The summed E-state index contributed by atoms with van der Waals surface area (Å²) in [4.78, 5) is 11.5. The number of ketones is 1. The molecule has 72 valence electrons. The topological polar surface area (TPSA) is 46.5 Å². The van der Waals surface area contributed by atoms with Crippen LogP contribution in [0.15, 0.2) is 0 Å². The largest absolute Gasteiger partial charge is 0.360 e. The van der Waals surface area contributed by atoms with E-state index in [0.717, 1.165) is 0 Å². The molecule has 0 fully saturated rings. The van der Waals surface area contributed by atoms with Gasteiger partial charge in [-0.2, -0.15) is 0 Å². The normalized spacial score (nSPS) is 17.2. The molecule has 0 aliphatic carbocycles. The third-order valence-corrected chi connectivity index (χ3v) is 1.53. The van der Waals surface area contributed by atoms with E-state index in [-0.39, 0.29) is 5.78 Å². The molecule has 0 aliphatic rings. The lowest BCUT2D eigenvalue weighted by Gasteiger charge is -2.28. The van der Waals surface area contributed by atoms with Gasteiger partial charge in [-0.3, -0.25) is 4.79 Å². The molecule has 1 atom stereocenters. The van der Waals surface area contributed by atoms with Gasteiger partial charge in [-0.15, -0.1) is 0 Å². The highest BCUT2D eigenvalue weighted by Gasteiger charge is 2.38. The van der Waals surface area contributed by atoms with E-state index in [1.165, 1.54) is 6.92 Å². The van der Waals surface area contributed by atoms with Gasteiger partial charge in [0.1, 0.15) is 0 Å². The average molecular weight is 174 g/mol. The van der Waals surface area contributed by atoms with Crippen molar-refractivity contribution in [2.75, 3.05) is 6.61 Å². The van der Waals surface area contributed by atoms with E-state index < -0.39 is 11.2 Å². The Bertz CT molecular complexity index is 165. The second-order valence-corrected chi connectivity index (χ2v) is 4.00. The van der Waals surface area contributed by atoms with E-state index in [1.54, 1.807) is 27.7 Å². The van der Waals surface area contributed by atoms with Crippen molar-refractivity contribution < 1.29 is 14.6 Å². The summed E-state index contributed by atoms with van der Waals surface area (Å²) in [6.45, 7) is 8.71. The minimum absolute atomic E-state index is 0.295. The average Bonchev–Trinajstić information content (AvgIpc) is 1.84. The number of hydrogen-bond donors (Lipinski definition) is 1. The molecule has 0 aromatic heterocycles. The first kappa shape index (κ1) is 11.6. The molecule has 3 nitrogen and oxygen atoms in total. The van der Waals surface area contributed by atoms with Gasteiger partial charge in [0.2, 0.25) is 5.79 Å². The summed E-state index contributed by atoms with van der Waals surface area (Å²) in [7, 11) is 0. The lowest BCUT2D eigenvalue weighted by atomic mass is 9.86. The van der Waals surface area contributed by atoms with Crippen molar-refractivity contribution in [1.29, 1.82) is 0 Å². The predicted octanol–water partition coefficient (Wildman–Crippen LogP) is 1.35. The highest BCUT2D eigenvalue weighted by Crippen LogP contribution is 2.23. The Labute approximate surface area is 73.7 Å². The summed E-state index contributed by atoms with van der Waals surface area (Å²) in [5.74, 6) is -1.94. The van der Waals surface area contributed by atoms with Crippen LogP contribution in [0, 0.1) is 5.41 Å². The van der Waals surface area contributed by atoms with Crippen LogP contribution in [0.5, 0.6) is 0 Å². The fraction of sp³-hybridized carbons (Fsp3) is 0.889. The van der Waals surface area contributed by atoms with Gasteiger partial charge < -0.3 is 9.84 Å².